The quantitative estimate of drug-likeness (QED) is 0.804. The van der Waals surface area contributed by atoms with Gasteiger partial charge in [-0.15, -0.1) is 0 Å². The number of nitrogens with one attached hydrogen (secondary N) is 1. The number of amides is 1. The van der Waals surface area contributed by atoms with Crippen LogP contribution in [0.15, 0.2) is 12.3 Å². The van der Waals surface area contributed by atoms with E-state index in [1.807, 2.05) is 6.92 Å². The van der Waals surface area contributed by atoms with Crippen LogP contribution in [0, 0.1) is 0 Å². The molecule has 7 heteroatoms. The van der Waals surface area contributed by atoms with Crippen LogP contribution in [0.4, 0.5) is 10.2 Å². The van der Waals surface area contributed by atoms with Crippen LogP contribution < -0.4 is 5.32 Å². The standard InChI is InChI=1S/C13H21FN4O2/c1-2-5-18-12(3-4-15-18)16-13(20)8-17-7-10(14)6-11(17)9-19/h3-4,10-11,19H,2,5-9H2,1H3,(H,16,20)/t10-,11-/m0/s1. The molecule has 0 spiro atoms. The summed E-state index contributed by atoms with van der Waals surface area (Å²) >= 11 is 0. The number of halogens is 1. The first-order chi connectivity index (χ1) is 9.63. The third kappa shape index (κ3) is 3.55. The lowest BCUT2D eigenvalue weighted by Crippen LogP contribution is -2.39. The maximum absolute atomic E-state index is 13.3. The van der Waals surface area contributed by atoms with E-state index in [2.05, 4.69) is 10.4 Å². The summed E-state index contributed by atoms with van der Waals surface area (Å²) in [4.78, 5) is 13.7. The Morgan fingerprint density at radius 1 is 1.65 bits per heavy atom. The topological polar surface area (TPSA) is 70.4 Å². The van der Waals surface area contributed by atoms with E-state index < -0.39 is 6.17 Å². The summed E-state index contributed by atoms with van der Waals surface area (Å²) in [6.45, 7) is 2.93. The molecule has 112 valence electrons. The zero-order valence-corrected chi connectivity index (χ0v) is 11.6. The SMILES string of the molecule is CCCn1nccc1NC(=O)CN1C[C@@H](F)C[C@H]1CO. The second kappa shape index (κ2) is 6.81. The predicted molar refractivity (Wildman–Crippen MR) is 73.1 cm³/mol. The minimum Gasteiger partial charge on any atom is -0.395 e. The number of hydrogen-bond donors (Lipinski definition) is 2. The van der Waals surface area contributed by atoms with Gasteiger partial charge >= 0.3 is 0 Å². The molecule has 0 aromatic carbocycles. The van der Waals surface area contributed by atoms with Crippen molar-refractivity contribution in [2.45, 2.75) is 38.5 Å². The molecule has 2 atom stereocenters. The lowest BCUT2D eigenvalue weighted by molar-refractivity contribution is -0.117. The average molecular weight is 284 g/mol. The van der Waals surface area contributed by atoms with E-state index in [9.17, 15) is 14.3 Å². The lowest BCUT2D eigenvalue weighted by atomic mass is 10.2. The van der Waals surface area contributed by atoms with Crippen LogP contribution >= 0.6 is 0 Å². The van der Waals surface area contributed by atoms with Crippen molar-refractivity contribution >= 4 is 11.7 Å². The van der Waals surface area contributed by atoms with Gasteiger partial charge in [0.2, 0.25) is 5.91 Å². The van der Waals surface area contributed by atoms with Crippen LogP contribution in [0.1, 0.15) is 19.8 Å². The van der Waals surface area contributed by atoms with E-state index in [0.717, 1.165) is 13.0 Å². The minimum atomic E-state index is -0.967. The number of alkyl halides is 1. The Labute approximate surface area is 117 Å². The number of carbonyl (C=O) groups excluding carboxylic acids is 1. The maximum atomic E-state index is 13.3. The summed E-state index contributed by atoms with van der Waals surface area (Å²) in [6, 6.07) is 1.47. The number of likely N-dealkylation sites (tertiary alicyclic amines) is 1. The molecule has 1 aliphatic heterocycles. The third-order valence-corrected chi connectivity index (χ3v) is 3.45. The number of carbonyl (C=O) groups is 1. The number of rotatable bonds is 6. The molecular weight excluding hydrogens is 263 g/mol. The van der Waals surface area contributed by atoms with Crippen LogP contribution in [-0.4, -0.2) is 57.6 Å². The van der Waals surface area contributed by atoms with Gasteiger partial charge in [-0.3, -0.25) is 9.69 Å². The van der Waals surface area contributed by atoms with Gasteiger partial charge in [-0.05, 0) is 12.8 Å². The first-order valence-corrected chi connectivity index (χ1v) is 6.94. The Morgan fingerprint density at radius 3 is 3.15 bits per heavy atom. The largest absolute Gasteiger partial charge is 0.395 e. The monoisotopic (exact) mass is 284 g/mol. The van der Waals surface area contributed by atoms with Crippen LogP contribution in [-0.2, 0) is 11.3 Å². The van der Waals surface area contributed by atoms with Gasteiger partial charge in [-0.1, -0.05) is 6.92 Å². The second-order valence-electron chi connectivity index (χ2n) is 5.09. The molecule has 0 saturated carbocycles. The molecule has 6 nitrogen and oxygen atoms in total. The molecule has 2 heterocycles. The molecule has 1 amide bonds. The van der Waals surface area contributed by atoms with E-state index in [1.54, 1.807) is 21.8 Å². The van der Waals surface area contributed by atoms with Crippen molar-refractivity contribution in [1.82, 2.24) is 14.7 Å². The minimum absolute atomic E-state index is 0.0863. The molecule has 1 saturated heterocycles. The highest BCUT2D eigenvalue weighted by atomic mass is 19.1. The molecule has 1 aliphatic rings. The first-order valence-electron chi connectivity index (χ1n) is 6.94. The van der Waals surface area contributed by atoms with Gasteiger partial charge in [-0.25, -0.2) is 9.07 Å². The Balaban J connectivity index is 1.90. The fourth-order valence-corrected chi connectivity index (χ4v) is 2.50. The van der Waals surface area contributed by atoms with Crippen LogP contribution in [0.5, 0.6) is 0 Å². The van der Waals surface area contributed by atoms with Gasteiger partial charge in [0, 0.05) is 25.2 Å². The molecule has 0 bridgehead atoms. The zero-order chi connectivity index (χ0) is 14.5. The molecule has 20 heavy (non-hydrogen) atoms. The van der Waals surface area contributed by atoms with Gasteiger partial charge in [0.05, 0.1) is 19.3 Å². The zero-order valence-electron chi connectivity index (χ0n) is 11.6. The van der Waals surface area contributed by atoms with Crippen molar-refractivity contribution in [3.8, 4) is 0 Å². The molecule has 1 fully saturated rings. The van der Waals surface area contributed by atoms with E-state index in [4.69, 9.17) is 0 Å². The summed E-state index contributed by atoms with van der Waals surface area (Å²) in [7, 11) is 0. The summed E-state index contributed by atoms with van der Waals surface area (Å²) in [5, 5.41) is 16.1. The Morgan fingerprint density at radius 2 is 2.45 bits per heavy atom. The van der Waals surface area contributed by atoms with Gasteiger partial charge in [-0.2, -0.15) is 5.10 Å². The average Bonchev–Trinajstić information content (AvgIpc) is 2.97. The fourth-order valence-electron chi connectivity index (χ4n) is 2.50. The highest BCUT2D eigenvalue weighted by Crippen LogP contribution is 2.19. The Hall–Kier alpha value is -1.47. The molecule has 2 N–H and O–H groups in total. The number of aromatic nitrogens is 2. The number of aliphatic hydroxyl groups excluding tert-OH is 1. The highest BCUT2D eigenvalue weighted by Gasteiger charge is 2.32. The van der Waals surface area contributed by atoms with Crippen molar-refractivity contribution in [3.63, 3.8) is 0 Å². The van der Waals surface area contributed by atoms with E-state index >= 15 is 0 Å². The van der Waals surface area contributed by atoms with Crippen LogP contribution in [0.2, 0.25) is 0 Å². The molecule has 0 unspecified atom stereocenters. The second-order valence-corrected chi connectivity index (χ2v) is 5.09. The van der Waals surface area contributed by atoms with Crippen molar-refractivity contribution in [3.05, 3.63) is 12.3 Å². The van der Waals surface area contributed by atoms with E-state index in [-0.39, 0.29) is 38.1 Å². The normalized spacial score (nSPS) is 23.1. The van der Waals surface area contributed by atoms with Crippen molar-refractivity contribution in [2.24, 2.45) is 0 Å². The van der Waals surface area contributed by atoms with E-state index in [0.29, 0.717) is 5.82 Å². The Bertz CT molecular complexity index is 451. The number of anilines is 1. The molecule has 1 aromatic rings. The van der Waals surface area contributed by atoms with Crippen LogP contribution in [0.3, 0.4) is 0 Å². The molecule has 2 rings (SSSR count). The summed E-state index contributed by atoms with van der Waals surface area (Å²) in [5.41, 5.74) is 0. The molecule has 0 aliphatic carbocycles. The lowest BCUT2D eigenvalue weighted by Gasteiger charge is -2.21. The number of hydrogen-bond acceptors (Lipinski definition) is 4. The number of aryl methyl sites for hydroxylation is 1. The van der Waals surface area contributed by atoms with E-state index in [1.165, 1.54) is 0 Å². The first kappa shape index (κ1) is 14.9. The molecule has 1 aromatic heterocycles. The fraction of sp³-hybridized carbons (Fsp3) is 0.692. The Kier molecular flexibility index (Phi) is 5.08. The van der Waals surface area contributed by atoms with Crippen molar-refractivity contribution in [1.29, 1.82) is 0 Å². The third-order valence-electron chi connectivity index (χ3n) is 3.45. The number of nitrogens with zero attached hydrogens (tertiary/aromatic N) is 3. The highest BCUT2D eigenvalue weighted by molar-refractivity contribution is 5.91. The smallest absolute Gasteiger partial charge is 0.239 e. The summed E-state index contributed by atoms with van der Waals surface area (Å²) in [6.07, 6.45) is 1.88. The van der Waals surface area contributed by atoms with Gasteiger partial charge in [0.25, 0.3) is 0 Å². The summed E-state index contributed by atoms with van der Waals surface area (Å²) < 4.78 is 15.0. The molecule has 0 radical (unpaired) electrons. The number of aliphatic hydroxyl groups is 1. The predicted octanol–water partition coefficient (Wildman–Crippen LogP) is 0.636. The van der Waals surface area contributed by atoms with Gasteiger partial charge in [0.15, 0.2) is 0 Å². The van der Waals surface area contributed by atoms with Crippen LogP contribution in [0.25, 0.3) is 0 Å². The maximum Gasteiger partial charge on any atom is 0.239 e. The van der Waals surface area contributed by atoms with Crippen molar-refractivity contribution < 1.29 is 14.3 Å². The summed E-state index contributed by atoms with van der Waals surface area (Å²) in [5.74, 6) is 0.434. The van der Waals surface area contributed by atoms with Gasteiger partial charge < -0.3 is 10.4 Å². The van der Waals surface area contributed by atoms with Gasteiger partial charge in [0.1, 0.15) is 12.0 Å². The molecular formula is C13H21FN4O2. The van der Waals surface area contributed by atoms with Crippen molar-refractivity contribution in [2.75, 3.05) is 25.0 Å².